The van der Waals surface area contributed by atoms with Gasteiger partial charge in [0.25, 0.3) is 0 Å². The lowest BCUT2D eigenvalue weighted by Gasteiger charge is -2.28. The Labute approximate surface area is 110 Å². The number of benzene rings is 1. The maximum atomic E-state index is 9.25. The number of nitrogens with zero attached hydrogens (tertiary/aromatic N) is 1. The first-order chi connectivity index (χ1) is 8.52. The fraction of sp³-hybridized carbons (Fsp3) is 0.600. The van der Waals surface area contributed by atoms with Crippen LogP contribution < -0.4 is 10.2 Å². The fourth-order valence-electron chi connectivity index (χ4n) is 2.29. The zero-order valence-corrected chi connectivity index (χ0v) is 11.7. The summed E-state index contributed by atoms with van der Waals surface area (Å²) >= 11 is 0. The largest absolute Gasteiger partial charge is 0.396 e. The molecule has 0 aliphatic carbocycles. The molecule has 1 aromatic rings. The van der Waals surface area contributed by atoms with Gasteiger partial charge in [0.1, 0.15) is 0 Å². The van der Waals surface area contributed by atoms with Crippen LogP contribution in [0.1, 0.15) is 25.8 Å². The van der Waals surface area contributed by atoms with Crippen molar-refractivity contribution in [3.8, 4) is 0 Å². The lowest BCUT2D eigenvalue weighted by atomic mass is 9.94. The molecule has 18 heavy (non-hydrogen) atoms. The van der Waals surface area contributed by atoms with Gasteiger partial charge in [-0.3, -0.25) is 0 Å². The number of rotatable bonds is 4. The zero-order chi connectivity index (χ0) is 13.2. The normalized spacial score (nSPS) is 15.4. The molecular weight excluding hydrogens is 224 g/mol. The standard InChI is InChI=1S/C15H24N2O/c1-15(2,11-18)10-16-13-6-7-14-12(9-13)5-4-8-17(14)3/h6-7,9,16,18H,4-5,8,10-11H2,1-3H3. The fourth-order valence-corrected chi connectivity index (χ4v) is 2.29. The molecule has 0 radical (unpaired) electrons. The minimum atomic E-state index is -0.0767. The molecule has 0 atom stereocenters. The predicted octanol–water partition coefficient (Wildman–Crippen LogP) is 2.50. The molecular formula is C15H24N2O. The van der Waals surface area contributed by atoms with Gasteiger partial charge < -0.3 is 15.3 Å². The second-order valence-corrected chi connectivity index (χ2v) is 6.04. The number of anilines is 2. The van der Waals surface area contributed by atoms with E-state index in [1.54, 1.807) is 0 Å². The molecule has 1 aromatic carbocycles. The van der Waals surface area contributed by atoms with E-state index in [1.807, 2.05) is 0 Å². The monoisotopic (exact) mass is 248 g/mol. The zero-order valence-electron chi connectivity index (χ0n) is 11.7. The molecule has 0 spiro atoms. The first-order valence-electron chi connectivity index (χ1n) is 6.71. The molecule has 3 heteroatoms. The van der Waals surface area contributed by atoms with Gasteiger partial charge in [-0.25, -0.2) is 0 Å². The van der Waals surface area contributed by atoms with Gasteiger partial charge in [0.15, 0.2) is 0 Å². The van der Waals surface area contributed by atoms with Crippen molar-refractivity contribution in [3.05, 3.63) is 23.8 Å². The average Bonchev–Trinajstić information content (AvgIpc) is 2.37. The topological polar surface area (TPSA) is 35.5 Å². The van der Waals surface area contributed by atoms with Gasteiger partial charge in [0.05, 0.1) is 0 Å². The third-order valence-corrected chi connectivity index (χ3v) is 3.63. The van der Waals surface area contributed by atoms with Gasteiger partial charge in [-0.2, -0.15) is 0 Å². The van der Waals surface area contributed by atoms with E-state index in [0.717, 1.165) is 18.8 Å². The van der Waals surface area contributed by atoms with E-state index in [2.05, 4.69) is 49.3 Å². The maximum Gasteiger partial charge on any atom is 0.0498 e. The molecule has 1 aliphatic rings. The van der Waals surface area contributed by atoms with Gasteiger partial charge in [0, 0.05) is 43.5 Å². The summed E-state index contributed by atoms with van der Waals surface area (Å²) in [5.74, 6) is 0. The number of nitrogens with one attached hydrogen (secondary N) is 1. The van der Waals surface area contributed by atoms with Crippen LogP contribution in [0.2, 0.25) is 0 Å². The first kappa shape index (κ1) is 13.2. The summed E-state index contributed by atoms with van der Waals surface area (Å²) < 4.78 is 0. The van der Waals surface area contributed by atoms with Gasteiger partial charge in [-0.05, 0) is 36.6 Å². The number of fused-ring (bicyclic) bond motifs is 1. The van der Waals surface area contributed by atoms with Crippen LogP contribution in [-0.2, 0) is 6.42 Å². The van der Waals surface area contributed by atoms with Gasteiger partial charge in [0.2, 0.25) is 0 Å². The summed E-state index contributed by atoms with van der Waals surface area (Å²) in [6, 6.07) is 6.58. The molecule has 0 unspecified atom stereocenters. The second-order valence-electron chi connectivity index (χ2n) is 6.04. The lowest BCUT2D eigenvalue weighted by molar-refractivity contribution is 0.171. The van der Waals surface area contributed by atoms with Gasteiger partial charge in [-0.15, -0.1) is 0 Å². The average molecular weight is 248 g/mol. The number of hydrogen-bond acceptors (Lipinski definition) is 3. The molecule has 0 saturated heterocycles. The van der Waals surface area contributed by atoms with E-state index in [4.69, 9.17) is 0 Å². The maximum absolute atomic E-state index is 9.25. The van der Waals surface area contributed by atoms with E-state index >= 15 is 0 Å². The molecule has 0 saturated carbocycles. The van der Waals surface area contributed by atoms with Crippen LogP contribution >= 0.6 is 0 Å². The Kier molecular flexibility index (Phi) is 3.81. The Bertz CT molecular complexity index is 415. The molecule has 2 N–H and O–H groups in total. The van der Waals surface area contributed by atoms with Crippen LogP contribution in [0.3, 0.4) is 0 Å². The number of aliphatic hydroxyl groups excluding tert-OH is 1. The third kappa shape index (κ3) is 2.96. The highest BCUT2D eigenvalue weighted by molar-refractivity contribution is 5.62. The molecule has 2 rings (SSSR count). The van der Waals surface area contributed by atoms with Crippen LogP contribution in [0.5, 0.6) is 0 Å². The van der Waals surface area contributed by atoms with Crippen molar-refractivity contribution in [1.29, 1.82) is 0 Å². The van der Waals surface area contributed by atoms with E-state index in [-0.39, 0.29) is 12.0 Å². The number of aliphatic hydroxyl groups is 1. The molecule has 1 heterocycles. The SMILES string of the molecule is CN1CCCc2cc(NCC(C)(C)CO)ccc21. The molecule has 1 aliphatic heterocycles. The summed E-state index contributed by atoms with van der Waals surface area (Å²) in [6.45, 7) is 6.27. The summed E-state index contributed by atoms with van der Waals surface area (Å²) in [5.41, 5.74) is 3.86. The highest BCUT2D eigenvalue weighted by Crippen LogP contribution is 2.29. The minimum Gasteiger partial charge on any atom is -0.396 e. The molecule has 0 amide bonds. The number of aryl methyl sites for hydroxylation is 1. The highest BCUT2D eigenvalue weighted by atomic mass is 16.3. The smallest absolute Gasteiger partial charge is 0.0498 e. The summed E-state index contributed by atoms with van der Waals surface area (Å²) in [5, 5.41) is 12.7. The predicted molar refractivity (Wildman–Crippen MR) is 77.4 cm³/mol. The van der Waals surface area contributed by atoms with E-state index < -0.39 is 0 Å². The molecule has 100 valence electrons. The Morgan fingerprint density at radius 2 is 2.17 bits per heavy atom. The van der Waals surface area contributed by atoms with Crippen molar-refractivity contribution in [2.24, 2.45) is 5.41 Å². The summed E-state index contributed by atoms with van der Waals surface area (Å²) in [7, 11) is 2.15. The van der Waals surface area contributed by atoms with Crippen LogP contribution in [0.25, 0.3) is 0 Å². The van der Waals surface area contributed by atoms with Gasteiger partial charge >= 0.3 is 0 Å². The van der Waals surface area contributed by atoms with E-state index in [0.29, 0.717) is 0 Å². The summed E-state index contributed by atoms with van der Waals surface area (Å²) in [6.07, 6.45) is 2.40. The third-order valence-electron chi connectivity index (χ3n) is 3.63. The Morgan fingerprint density at radius 1 is 1.39 bits per heavy atom. The molecule has 0 aromatic heterocycles. The Hall–Kier alpha value is -1.22. The van der Waals surface area contributed by atoms with Crippen molar-refractivity contribution in [2.75, 3.05) is 37.0 Å². The van der Waals surface area contributed by atoms with E-state index in [9.17, 15) is 5.11 Å². The van der Waals surface area contributed by atoms with Crippen molar-refractivity contribution in [3.63, 3.8) is 0 Å². The van der Waals surface area contributed by atoms with Crippen LogP contribution in [-0.4, -0.2) is 31.9 Å². The van der Waals surface area contributed by atoms with Crippen LogP contribution in [0.15, 0.2) is 18.2 Å². The molecule has 0 bridgehead atoms. The second kappa shape index (κ2) is 5.19. The summed E-state index contributed by atoms with van der Waals surface area (Å²) in [4.78, 5) is 2.32. The van der Waals surface area contributed by atoms with Crippen molar-refractivity contribution in [1.82, 2.24) is 0 Å². The van der Waals surface area contributed by atoms with Crippen LogP contribution in [0, 0.1) is 5.41 Å². The highest BCUT2D eigenvalue weighted by Gasteiger charge is 2.17. The minimum absolute atomic E-state index is 0.0767. The van der Waals surface area contributed by atoms with E-state index in [1.165, 1.54) is 24.1 Å². The van der Waals surface area contributed by atoms with Crippen molar-refractivity contribution < 1.29 is 5.11 Å². The van der Waals surface area contributed by atoms with Gasteiger partial charge in [-0.1, -0.05) is 13.8 Å². The molecule has 3 nitrogen and oxygen atoms in total. The van der Waals surface area contributed by atoms with Crippen LogP contribution in [0.4, 0.5) is 11.4 Å². The lowest BCUT2D eigenvalue weighted by Crippen LogP contribution is -2.27. The molecule has 0 fully saturated rings. The van der Waals surface area contributed by atoms with Crippen molar-refractivity contribution >= 4 is 11.4 Å². The quantitative estimate of drug-likeness (QED) is 0.859. The Balaban J connectivity index is 2.07. The van der Waals surface area contributed by atoms with Crippen molar-refractivity contribution in [2.45, 2.75) is 26.7 Å². The Morgan fingerprint density at radius 3 is 2.89 bits per heavy atom. The first-order valence-corrected chi connectivity index (χ1v) is 6.71. The number of hydrogen-bond donors (Lipinski definition) is 2.